The van der Waals surface area contributed by atoms with Crippen molar-refractivity contribution in [3.05, 3.63) is 51.6 Å². The highest BCUT2D eigenvalue weighted by Crippen LogP contribution is 2.17. The van der Waals surface area contributed by atoms with Crippen LogP contribution in [0.3, 0.4) is 0 Å². The maximum absolute atomic E-state index is 13.3. The van der Waals surface area contributed by atoms with Gasteiger partial charge in [0.2, 0.25) is 0 Å². The standard InChI is InChI=1S/C11H12FN5O2/c1-7(13)11-6-16(15-14-11)5-8-2-9(12)4-10(3-8)17(18)19/h2-4,6-7H,5,13H2,1H3. The topological polar surface area (TPSA) is 99.9 Å². The molecule has 0 aliphatic carbocycles. The summed E-state index contributed by atoms with van der Waals surface area (Å²) in [6.07, 6.45) is 1.63. The van der Waals surface area contributed by atoms with E-state index in [1.165, 1.54) is 16.8 Å². The minimum Gasteiger partial charge on any atom is -0.323 e. The molecule has 0 amide bonds. The van der Waals surface area contributed by atoms with Crippen LogP contribution >= 0.6 is 0 Å². The maximum Gasteiger partial charge on any atom is 0.272 e. The fourth-order valence-corrected chi connectivity index (χ4v) is 1.62. The molecule has 0 aliphatic rings. The smallest absolute Gasteiger partial charge is 0.272 e. The van der Waals surface area contributed by atoms with E-state index in [0.717, 1.165) is 6.07 Å². The van der Waals surface area contributed by atoms with Gasteiger partial charge < -0.3 is 5.73 Å². The van der Waals surface area contributed by atoms with Gasteiger partial charge in [-0.15, -0.1) is 5.10 Å². The lowest BCUT2D eigenvalue weighted by Crippen LogP contribution is -2.05. The summed E-state index contributed by atoms with van der Waals surface area (Å²) in [6.45, 7) is 1.96. The van der Waals surface area contributed by atoms with Gasteiger partial charge in [-0.05, 0) is 18.6 Å². The monoisotopic (exact) mass is 265 g/mol. The van der Waals surface area contributed by atoms with E-state index in [2.05, 4.69) is 10.3 Å². The third-order valence-electron chi connectivity index (χ3n) is 2.52. The van der Waals surface area contributed by atoms with Crippen LogP contribution in [0.25, 0.3) is 0 Å². The van der Waals surface area contributed by atoms with Gasteiger partial charge in [-0.2, -0.15) is 0 Å². The Morgan fingerprint density at radius 2 is 2.26 bits per heavy atom. The quantitative estimate of drug-likeness (QED) is 0.665. The van der Waals surface area contributed by atoms with Gasteiger partial charge in [0.25, 0.3) is 5.69 Å². The first kappa shape index (κ1) is 13.1. The summed E-state index contributed by atoms with van der Waals surface area (Å²) >= 11 is 0. The van der Waals surface area contributed by atoms with Crippen LogP contribution in [0.4, 0.5) is 10.1 Å². The molecule has 0 aliphatic heterocycles. The Morgan fingerprint density at radius 3 is 2.84 bits per heavy atom. The molecule has 0 saturated carbocycles. The van der Waals surface area contributed by atoms with Crippen molar-refractivity contribution in [2.24, 2.45) is 5.73 Å². The molecule has 1 heterocycles. The molecule has 0 saturated heterocycles. The highest BCUT2D eigenvalue weighted by molar-refractivity contribution is 5.35. The number of nitrogens with zero attached hydrogens (tertiary/aromatic N) is 4. The Bertz CT molecular complexity index is 611. The zero-order valence-electron chi connectivity index (χ0n) is 10.2. The number of hydrogen-bond acceptors (Lipinski definition) is 5. The first-order valence-electron chi connectivity index (χ1n) is 5.55. The van der Waals surface area contributed by atoms with E-state index in [1.54, 1.807) is 13.1 Å². The van der Waals surface area contributed by atoms with Crippen LogP contribution in [0.1, 0.15) is 24.2 Å². The molecule has 100 valence electrons. The summed E-state index contributed by atoms with van der Waals surface area (Å²) in [5.41, 5.74) is 6.39. The first-order valence-corrected chi connectivity index (χ1v) is 5.55. The molecule has 0 spiro atoms. The molecular formula is C11H12FN5O2. The van der Waals surface area contributed by atoms with Crippen LogP contribution in [-0.2, 0) is 6.54 Å². The molecule has 1 unspecified atom stereocenters. The van der Waals surface area contributed by atoms with Gasteiger partial charge in [-0.3, -0.25) is 10.1 Å². The zero-order chi connectivity index (χ0) is 14.0. The van der Waals surface area contributed by atoms with Crippen molar-refractivity contribution in [2.45, 2.75) is 19.5 Å². The third kappa shape index (κ3) is 3.10. The number of nitro benzene ring substituents is 1. The van der Waals surface area contributed by atoms with E-state index in [1.807, 2.05) is 0 Å². The van der Waals surface area contributed by atoms with Gasteiger partial charge in [0, 0.05) is 12.1 Å². The van der Waals surface area contributed by atoms with E-state index >= 15 is 0 Å². The predicted molar refractivity (Wildman–Crippen MR) is 64.8 cm³/mol. The Morgan fingerprint density at radius 1 is 1.53 bits per heavy atom. The van der Waals surface area contributed by atoms with Crippen molar-refractivity contribution in [1.82, 2.24) is 15.0 Å². The second-order valence-electron chi connectivity index (χ2n) is 4.20. The maximum atomic E-state index is 13.3. The minimum absolute atomic E-state index is 0.193. The SMILES string of the molecule is CC(N)c1cn(Cc2cc(F)cc([N+](=O)[O-])c2)nn1. The molecule has 2 rings (SSSR count). The highest BCUT2D eigenvalue weighted by Gasteiger charge is 2.11. The Labute approximate surface area is 108 Å². The molecule has 1 aromatic carbocycles. The molecular weight excluding hydrogens is 253 g/mol. The fourth-order valence-electron chi connectivity index (χ4n) is 1.62. The molecule has 2 N–H and O–H groups in total. The van der Waals surface area contributed by atoms with Crippen LogP contribution < -0.4 is 5.73 Å². The van der Waals surface area contributed by atoms with Gasteiger partial charge in [0.05, 0.1) is 29.4 Å². The van der Waals surface area contributed by atoms with E-state index in [9.17, 15) is 14.5 Å². The second-order valence-corrected chi connectivity index (χ2v) is 4.20. The average Bonchev–Trinajstić information content (AvgIpc) is 2.76. The normalized spacial score (nSPS) is 12.4. The average molecular weight is 265 g/mol. The van der Waals surface area contributed by atoms with Gasteiger partial charge in [0.1, 0.15) is 5.82 Å². The number of hydrogen-bond donors (Lipinski definition) is 1. The van der Waals surface area contributed by atoms with E-state index < -0.39 is 10.7 Å². The van der Waals surface area contributed by atoms with Crippen LogP contribution in [0.2, 0.25) is 0 Å². The molecule has 1 atom stereocenters. The summed E-state index contributed by atoms with van der Waals surface area (Å²) in [7, 11) is 0. The molecule has 19 heavy (non-hydrogen) atoms. The van der Waals surface area contributed by atoms with E-state index in [-0.39, 0.29) is 18.3 Å². The molecule has 2 aromatic rings. The number of halogens is 1. The van der Waals surface area contributed by atoms with Crippen molar-refractivity contribution in [3.63, 3.8) is 0 Å². The van der Waals surface area contributed by atoms with Crippen molar-refractivity contribution in [1.29, 1.82) is 0 Å². The predicted octanol–water partition coefficient (Wildman–Crippen LogP) is 1.39. The first-order chi connectivity index (χ1) is 8.95. The zero-order valence-corrected chi connectivity index (χ0v) is 10.2. The highest BCUT2D eigenvalue weighted by atomic mass is 19.1. The van der Waals surface area contributed by atoms with Crippen molar-refractivity contribution < 1.29 is 9.31 Å². The molecule has 0 bridgehead atoms. The van der Waals surface area contributed by atoms with Gasteiger partial charge in [0.15, 0.2) is 0 Å². The summed E-state index contributed by atoms with van der Waals surface area (Å²) in [5.74, 6) is -0.656. The molecule has 0 fully saturated rings. The lowest BCUT2D eigenvalue weighted by molar-refractivity contribution is -0.385. The van der Waals surface area contributed by atoms with Crippen LogP contribution in [0, 0.1) is 15.9 Å². The van der Waals surface area contributed by atoms with Crippen molar-refractivity contribution >= 4 is 5.69 Å². The van der Waals surface area contributed by atoms with E-state index in [0.29, 0.717) is 11.3 Å². The summed E-state index contributed by atoms with van der Waals surface area (Å²) < 4.78 is 14.7. The summed E-state index contributed by atoms with van der Waals surface area (Å²) in [4.78, 5) is 10.0. The van der Waals surface area contributed by atoms with E-state index in [4.69, 9.17) is 5.73 Å². The number of aromatic nitrogens is 3. The third-order valence-corrected chi connectivity index (χ3v) is 2.52. The molecule has 8 heteroatoms. The molecule has 1 aromatic heterocycles. The van der Waals surface area contributed by atoms with Gasteiger partial charge in [-0.25, -0.2) is 9.07 Å². The number of benzene rings is 1. The largest absolute Gasteiger partial charge is 0.323 e. The fraction of sp³-hybridized carbons (Fsp3) is 0.273. The molecule has 0 radical (unpaired) electrons. The molecule has 7 nitrogen and oxygen atoms in total. The van der Waals surface area contributed by atoms with Crippen LogP contribution in [0.5, 0.6) is 0 Å². The van der Waals surface area contributed by atoms with Crippen LogP contribution in [0.15, 0.2) is 24.4 Å². The minimum atomic E-state index is -0.656. The van der Waals surface area contributed by atoms with Gasteiger partial charge in [-0.1, -0.05) is 5.21 Å². The van der Waals surface area contributed by atoms with Crippen molar-refractivity contribution in [3.8, 4) is 0 Å². The number of rotatable bonds is 4. The number of nitro groups is 1. The number of non-ortho nitro benzene ring substituents is 1. The van der Waals surface area contributed by atoms with Crippen molar-refractivity contribution in [2.75, 3.05) is 0 Å². The number of nitrogens with two attached hydrogens (primary N) is 1. The van der Waals surface area contributed by atoms with Gasteiger partial charge >= 0.3 is 0 Å². The lowest BCUT2D eigenvalue weighted by atomic mass is 10.2. The summed E-state index contributed by atoms with van der Waals surface area (Å²) in [6, 6.07) is 3.14. The Hall–Kier alpha value is -2.35. The Balaban J connectivity index is 2.24. The van der Waals surface area contributed by atoms with Crippen LogP contribution in [-0.4, -0.2) is 19.9 Å². The lowest BCUT2D eigenvalue weighted by Gasteiger charge is -2.02. The Kier molecular flexibility index (Phi) is 3.52. The second kappa shape index (κ2) is 5.11. The summed E-state index contributed by atoms with van der Waals surface area (Å²) in [5, 5.41) is 18.3.